The van der Waals surface area contributed by atoms with Crippen LogP contribution in [0.2, 0.25) is 0 Å². The predicted molar refractivity (Wildman–Crippen MR) is 81.8 cm³/mol. The van der Waals surface area contributed by atoms with E-state index in [1.54, 1.807) is 4.90 Å². The van der Waals surface area contributed by atoms with Crippen molar-refractivity contribution in [1.29, 1.82) is 0 Å². The number of hydrogen-bond donors (Lipinski definition) is 1. The Morgan fingerprint density at radius 2 is 1.90 bits per heavy atom. The lowest BCUT2D eigenvalue weighted by molar-refractivity contribution is -0.145. The molecule has 122 valence electrons. The lowest BCUT2D eigenvalue weighted by Crippen LogP contribution is -2.50. The standard InChI is InChI=1S/C15H29N3O3/c1-3-7-17(8-4-2)9-5-6-14(19)18-10-11-21-13(12-18)15(16)20/h13H,3-12H2,1-2H3,(H2,16,20). The molecule has 21 heavy (non-hydrogen) atoms. The molecule has 0 bridgehead atoms. The van der Waals surface area contributed by atoms with Crippen LogP contribution in [0, 0.1) is 0 Å². The lowest BCUT2D eigenvalue weighted by Gasteiger charge is -2.31. The van der Waals surface area contributed by atoms with E-state index in [2.05, 4.69) is 18.7 Å². The van der Waals surface area contributed by atoms with Gasteiger partial charge in [0.2, 0.25) is 11.8 Å². The van der Waals surface area contributed by atoms with Gasteiger partial charge in [-0.1, -0.05) is 13.8 Å². The molecule has 0 spiro atoms. The minimum atomic E-state index is -0.653. The van der Waals surface area contributed by atoms with Gasteiger partial charge in [0.05, 0.1) is 13.2 Å². The summed E-state index contributed by atoms with van der Waals surface area (Å²) < 4.78 is 5.25. The summed E-state index contributed by atoms with van der Waals surface area (Å²) in [5, 5.41) is 0. The molecule has 6 nitrogen and oxygen atoms in total. The number of hydrogen-bond acceptors (Lipinski definition) is 4. The van der Waals surface area contributed by atoms with Gasteiger partial charge in [0.25, 0.3) is 0 Å². The van der Waals surface area contributed by atoms with Crippen LogP contribution in [0.5, 0.6) is 0 Å². The number of carbonyl (C=O) groups excluding carboxylic acids is 2. The van der Waals surface area contributed by atoms with Gasteiger partial charge < -0.3 is 20.3 Å². The van der Waals surface area contributed by atoms with Crippen LogP contribution >= 0.6 is 0 Å². The molecule has 0 aliphatic carbocycles. The van der Waals surface area contributed by atoms with E-state index in [1.807, 2.05) is 0 Å². The van der Waals surface area contributed by atoms with Crippen LogP contribution < -0.4 is 5.73 Å². The van der Waals surface area contributed by atoms with Gasteiger partial charge in [0, 0.05) is 13.0 Å². The van der Waals surface area contributed by atoms with E-state index in [4.69, 9.17) is 10.5 Å². The van der Waals surface area contributed by atoms with Crippen molar-refractivity contribution in [3.63, 3.8) is 0 Å². The fraction of sp³-hybridized carbons (Fsp3) is 0.867. The maximum absolute atomic E-state index is 12.2. The fourth-order valence-corrected chi connectivity index (χ4v) is 2.63. The molecule has 6 heteroatoms. The van der Waals surface area contributed by atoms with E-state index in [-0.39, 0.29) is 5.91 Å². The van der Waals surface area contributed by atoms with Crippen LogP contribution in [0.4, 0.5) is 0 Å². The van der Waals surface area contributed by atoms with Crippen molar-refractivity contribution in [2.45, 2.75) is 45.6 Å². The lowest BCUT2D eigenvalue weighted by atomic mass is 10.2. The Kier molecular flexibility index (Phi) is 8.30. The summed E-state index contributed by atoms with van der Waals surface area (Å²) in [6.07, 6.45) is 3.00. The fourth-order valence-electron chi connectivity index (χ4n) is 2.63. The van der Waals surface area contributed by atoms with Gasteiger partial charge in [-0.15, -0.1) is 0 Å². The molecule has 0 saturated carbocycles. The van der Waals surface area contributed by atoms with Gasteiger partial charge in [-0.3, -0.25) is 9.59 Å². The van der Waals surface area contributed by atoms with Crippen LogP contribution in [-0.4, -0.2) is 67.0 Å². The van der Waals surface area contributed by atoms with Crippen molar-refractivity contribution in [2.75, 3.05) is 39.3 Å². The minimum absolute atomic E-state index is 0.0949. The van der Waals surface area contributed by atoms with Gasteiger partial charge in [-0.05, 0) is 38.9 Å². The molecule has 2 N–H and O–H groups in total. The molecule has 1 aliphatic heterocycles. The first-order valence-electron chi connectivity index (χ1n) is 7.99. The van der Waals surface area contributed by atoms with Gasteiger partial charge >= 0.3 is 0 Å². The number of nitrogens with zero attached hydrogens (tertiary/aromatic N) is 2. The normalized spacial score (nSPS) is 19.0. The third-order valence-corrected chi connectivity index (χ3v) is 3.68. The van der Waals surface area contributed by atoms with E-state index in [0.29, 0.717) is 26.1 Å². The molecular weight excluding hydrogens is 270 g/mol. The summed E-state index contributed by atoms with van der Waals surface area (Å²) in [4.78, 5) is 27.4. The Bertz CT molecular complexity index is 330. The van der Waals surface area contributed by atoms with Crippen LogP contribution in [-0.2, 0) is 14.3 Å². The zero-order valence-corrected chi connectivity index (χ0v) is 13.3. The second kappa shape index (κ2) is 9.73. The number of rotatable bonds is 9. The summed E-state index contributed by atoms with van der Waals surface area (Å²) in [6, 6.07) is 0. The first kappa shape index (κ1) is 17.9. The zero-order valence-electron chi connectivity index (χ0n) is 13.3. The van der Waals surface area contributed by atoms with E-state index >= 15 is 0 Å². The highest BCUT2D eigenvalue weighted by molar-refractivity contribution is 5.81. The Hall–Kier alpha value is -1.14. The van der Waals surface area contributed by atoms with Crippen LogP contribution in [0.1, 0.15) is 39.5 Å². The Morgan fingerprint density at radius 3 is 2.48 bits per heavy atom. The molecule has 1 saturated heterocycles. The Balaban J connectivity index is 2.30. The molecule has 0 radical (unpaired) electrons. The SMILES string of the molecule is CCCN(CCC)CCCC(=O)N1CCOC(C(N)=O)C1. The van der Waals surface area contributed by atoms with E-state index in [1.165, 1.54) is 0 Å². The van der Waals surface area contributed by atoms with E-state index < -0.39 is 12.0 Å². The largest absolute Gasteiger partial charge is 0.367 e. The number of carbonyl (C=O) groups is 2. The second-order valence-electron chi connectivity index (χ2n) is 5.55. The topological polar surface area (TPSA) is 75.9 Å². The van der Waals surface area contributed by atoms with Crippen molar-refractivity contribution in [2.24, 2.45) is 5.73 Å². The molecule has 0 aromatic rings. The van der Waals surface area contributed by atoms with Gasteiger partial charge in [0.15, 0.2) is 6.10 Å². The molecule has 2 amide bonds. The third kappa shape index (κ3) is 6.44. The monoisotopic (exact) mass is 299 g/mol. The maximum Gasteiger partial charge on any atom is 0.248 e. The number of amides is 2. The molecule has 1 unspecified atom stereocenters. The molecule has 1 aliphatic rings. The smallest absolute Gasteiger partial charge is 0.248 e. The van der Waals surface area contributed by atoms with Crippen molar-refractivity contribution in [3.05, 3.63) is 0 Å². The zero-order chi connectivity index (χ0) is 15.7. The molecule has 1 heterocycles. The molecule has 1 fully saturated rings. The van der Waals surface area contributed by atoms with Gasteiger partial charge in [0.1, 0.15) is 0 Å². The maximum atomic E-state index is 12.2. The minimum Gasteiger partial charge on any atom is -0.367 e. The number of ether oxygens (including phenoxy) is 1. The highest BCUT2D eigenvalue weighted by atomic mass is 16.5. The van der Waals surface area contributed by atoms with Crippen LogP contribution in [0.15, 0.2) is 0 Å². The number of morpholine rings is 1. The molecule has 1 rings (SSSR count). The number of nitrogens with two attached hydrogens (primary N) is 1. The summed E-state index contributed by atoms with van der Waals surface area (Å²) in [5.74, 6) is -0.401. The third-order valence-electron chi connectivity index (χ3n) is 3.68. The van der Waals surface area contributed by atoms with Crippen molar-refractivity contribution in [1.82, 2.24) is 9.80 Å². The number of primary amides is 1. The summed E-state index contributed by atoms with van der Waals surface area (Å²) in [6.45, 7) is 8.70. The van der Waals surface area contributed by atoms with Crippen molar-refractivity contribution in [3.8, 4) is 0 Å². The Morgan fingerprint density at radius 1 is 1.24 bits per heavy atom. The average molecular weight is 299 g/mol. The van der Waals surface area contributed by atoms with Crippen LogP contribution in [0.3, 0.4) is 0 Å². The summed E-state index contributed by atoms with van der Waals surface area (Å²) in [7, 11) is 0. The molecular formula is C15H29N3O3. The van der Waals surface area contributed by atoms with Gasteiger partial charge in [-0.25, -0.2) is 0 Å². The van der Waals surface area contributed by atoms with Crippen molar-refractivity contribution >= 4 is 11.8 Å². The van der Waals surface area contributed by atoms with Crippen LogP contribution in [0.25, 0.3) is 0 Å². The Labute approximate surface area is 127 Å². The second-order valence-corrected chi connectivity index (χ2v) is 5.55. The van der Waals surface area contributed by atoms with Crippen molar-refractivity contribution < 1.29 is 14.3 Å². The van der Waals surface area contributed by atoms with E-state index in [0.717, 1.165) is 38.9 Å². The molecule has 1 atom stereocenters. The summed E-state index contributed by atoms with van der Waals surface area (Å²) in [5.41, 5.74) is 5.23. The first-order chi connectivity index (χ1) is 10.1. The average Bonchev–Trinajstić information content (AvgIpc) is 2.47. The summed E-state index contributed by atoms with van der Waals surface area (Å²) >= 11 is 0. The highest BCUT2D eigenvalue weighted by Gasteiger charge is 2.27. The van der Waals surface area contributed by atoms with E-state index in [9.17, 15) is 9.59 Å². The first-order valence-corrected chi connectivity index (χ1v) is 7.99. The van der Waals surface area contributed by atoms with Gasteiger partial charge in [-0.2, -0.15) is 0 Å². The molecule has 0 aromatic carbocycles. The highest BCUT2D eigenvalue weighted by Crippen LogP contribution is 2.08. The predicted octanol–water partition coefficient (Wildman–Crippen LogP) is 0.601. The molecule has 0 aromatic heterocycles. The quantitative estimate of drug-likeness (QED) is 0.676.